The van der Waals surface area contributed by atoms with Crippen molar-refractivity contribution in [3.05, 3.63) is 42.5 Å². The van der Waals surface area contributed by atoms with Crippen LogP contribution in [0.5, 0.6) is 5.75 Å². The summed E-state index contributed by atoms with van der Waals surface area (Å²) in [6, 6.07) is 7.27. The van der Waals surface area contributed by atoms with Crippen molar-refractivity contribution >= 4 is 6.09 Å². The molecule has 116 valence electrons. The maximum absolute atomic E-state index is 11.8. The van der Waals surface area contributed by atoms with Crippen molar-refractivity contribution in [3.8, 4) is 5.75 Å². The maximum atomic E-state index is 11.8. The van der Waals surface area contributed by atoms with Crippen molar-refractivity contribution in [1.82, 2.24) is 5.32 Å². The normalized spacial score (nSPS) is 12.7. The Morgan fingerprint density at radius 3 is 2.24 bits per heavy atom. The molecule has 1 amide bonds. The molecule has 4 nitrogen and oxygen atoms in total. The predicted octanol–water partition coefficient (Wildman–Crippen LogP) is 4.23. The molecule has 1 atom stereocenters. The number of ether oxygens (including phenoxy) is 2. The molecule has 0 aliphatic heterocycles. The molecule has 21 heavy (non-hydrogen) atoms. The Bertz CT molecular complexity index is 472. The summed E-state index contributed by atoms with van der Waals surface area (Å²) in [5, 5.41) is 2.78. The van der Waals surface area contributed by atoms with Crippen LogP contribution in [0.25, 0.3) is 0 Å². The minimum Gasteiger partial charge on any atom is -0.491 e. The molecule has 0 aliphatic carbocycles. The topological polar surface area (TPSA) is 47.6 Å². The van der Waals surface area contributed by atoms with Crippen molar-refractivity contribution in [1.29, 1.82) is 0 Å². The fraction of sp³-hybridized carbons (Fsp3) is 0.471. The van der Waals surface area contributed by atoms with Crippen molar-refractivity contribution in [3.63, 3.8) is 0 Å². The first-order chi connectivity index (χ1) is 9.71. The SMILES string of the molecule is C=CC(NC(=O)OC(C)(C)C)c1ccc(OC(C)C)cc1. The third kappa shape index (κ3) is 6.34. The van der Waals surface area contributed by atoms with Crippen molar-refractivity contribution in [2.24, 2.45) is 0 Å². The summed E-state index contributed by atoms with van der Waals surface area (Å²) in [7, 11) is 0. The monoisotopic (exact) mass is 291 g/mol. The lowest BCUT2D eigenvalue weighted by Gasteiger charge is -2.22. The van der Waals surface area contributed by atoms with E-state index in [4.69, 9.17) is 9.47 Å². The number of hydrogen-bond acceptors (Lipinski definition) is 3. The molecule has 0 saturated carbocycles. The number of carbonyl (C=O) groups excluding carboxylic acids is 1. The number of carbonyl (C=O) groups is 1. The maximum Gasteiger partial charge on any atom is 0.408 e. The van der Waals surface area contributed by atoms with Crippen LogP contribution in [0, 0.1) is 0 Å². The molecular weight excluding hydrogens is 266 g/mol. The van der Waals surface area contributed by atoms with Gasteiger partial charge in [-0.25, -0.2) is 4.79 Å². The van der Waals surface area contributed by atoms with E-state index in [1.54, 1.807) is 6.08 Å². The molecule has 1 N–H and O–H groups in total. The lowest BCUT2D eigenvalue weighted by atomic mass is 10.1. The van der Waals surface area contributed by atoms with Crippen LogP contribution < -0.4 is 10.1 Å². The second-order valence-corrected chi connectivity index (χ2v) is 6.10. The number of alkyl carbamates (subject to hydrolysis) is 1. The van der Waals surface area contributed by atoms with Gasteiger partial charge in [-0.3, -0.25) is 0 Å². The number of hydrogen-bond donors (Lipinski definition) is 1. The van der Waals surface area contributed by atoms with Gasteiger partial charge in [-0.05, 0) is 52.3 Å². The highest BCUT2D eigenvalue weighted by molar-refractivity contribution is 5.68. The van der Waals surface area contributed by atoms with Gasteiger partial charge in [0, 0.05) is 0 Å². The molecule has 0 saturated heterocycles. The van der Waals surface area contributed by atoms with Gasteiger partial charge in [0.15, 0.2) is 0 Å². The van der Waals surface area contributed by atoms with Gasteiger partial charge in [0.2, 0.25) is 0 Å². The van der Waals surface area contributed by atoms with Crippen LogP contribution in [-0.4, -0.2) is 17.8 Å². The van der Waals surface area contributed by atoms with Gasteiger partial charge in [-0.1, -0.05) is 18.2 Å². The smallest absolute Gasteiger partial charge is 0.408 e. The van der Waals surface area contributed by atoms with Gasteiger partial charge < -0.3 is 14.8 Å². The molecule has 1 aromatic carbocycles. The highest BCUT2D eigenvalue weighted by atomic mass is 16.6. The van der Waals surface area contributed by atoms with Crippen LogP contribution in [0.1, 0.15) is 46.2 Å². The summed E-state index contributed by atoms with van der Waals surface area (Å²) in [5.41, 5.74) is 0.400. The van der Waals surface area contributed by atoms with Gasteiger partial charge in [0.05, 0.1) is 12.1 Å². The Hall–Kier alpha value is -1.97. The van der Waals surface area contributed by atoms with E-state index >= 15 is 0 Å². The summed E-state index contributed by atoms with van der Waals surface area (Å²) in [4.78, 5) is 11.8. The van der Waals surface area contributed by atoms with E-state index in [1.165, 1.54) is 0 Å². The predicted molar refractivity (Wildman–Crippen MR) is 84.5 cm³/mol. The fourth-order valence-electron chi connectivity index (χ4n) is 1.74. The molecular formula is C17H25NO3. The molecule has 4 heteroatoms. The summed E-state index contributed by atoms with van der Waals surface area (Å²) in [6.45, 7) is 13.2. The summed E-state index contributed by atoms with van der Waals surface area (Å²) >= 11 is 0. The van der Waals surface area contributed by atoms with Crippen LogP contribution in [0.4, 0.5) is 4.79 Å². The van der Waals surface area contributed by atoms with Gasteiger partial charge in [0.25, 0.3) is 0 Å². The lowest BCUT2D eigenvalue weighted by Crippen LogP contribution is -2.34. The first-order valence-electron chi connectivity index (χ1n) is 7.10. The zero-order chi connectivity index (χ0) is 16.0. The number of nitrogens with one attached hydrogen (secondary N) is 1. The molecule has 1 rings (SSSR count). The Kier molecular flexibility index (Phi) is 5.82. The van der Waals surface area contributed by atoms with Gasteiger partial charge in [-0.15, -0.1) is 6.58 Å². The quantitative estimate of drug-likeness (QED) is 0.826. The van der Waals surface area contributed by atoms with E-state index in [-0.39, 0.29) is 12.1 Å². The minimum absolute atomic E-state index is 0.130. The molecule has 0 bridgehead atoms. The molecule has 1 aromatic rings. The van der Waals surface area contributed by atoms with E-state index in [1.807, 2.05) is 58.9 Å². The minimum atomic E-state index is -0.523. The highest BCUT2D eigenvalue weighted by Crippen LogP contribution is 2.20. The van der Waals surface area contributed by atoms with E-state index in [0.717, 1.165) is 11.3 Å². The van der Waals surface area contributed by atoms with Gasteiger partial charge in [-0.2, -0.15) is 0 Å². The zero-order valence-electron chi connectivity index (χ0n) is 13.5. The fourth-order valence-corrected chi connectivity index (χ4v) is 1.74. The van der Waals surface area contributed by atoms with E-state index < -0.39 is 11.7 Å². The van der Waals surface area contributed by atoms with Crippen LogP contribution in [0.2, 0.25) is 0 Å². The average Bonchev–Trinajstić information content (AvgIpc) is 2.34. The first kappa shape index (κ1) is 17.1. The lowest BCUT2D eigenvalue weighted by molar-refractivity contribution is 0.0514. The Balaban J connectivity index is 2.72. The summed E-state index contributed by atoms with van der Waals surface area (Å²) in [6.07, 6.45) is 1.34. The van der Waals surface area contributed by atoms with E-state index in [9.17, 15) is 4.79 Å². The van der Waals surface area contributed by atoms with Gasteiger partial charge >= 0.3 is 6.09 Å². The molecule has 0 radical (unpaired) electrons. The van der Waals surface area contributed by atoms with Crippen LogP contribution >= 0.6 is 0 Å². The molecule has 0 spiro atoms. The Morgan fingerprint density at radius 1 is 1.24 bits per heavy atom. The second kappa shape index (κ2) is 7.16. The summed E-state index contributed by atoms with van der Waals surface area (Å²) in [5.74, 6) is 0.800. The van der Waals surface area contributed by atoms with Crippen LogP contribution in [0.15, 0.2) is 36.9 Å². The Labute approximate surface area is 127 Å². The third-order valence-corrected chi connectivity index (χ3v) is 2.52. The summed E-state index contributed by atoms with van der Waals surface area (Å²) < 4.78 is 10.8. The molecule has 1 unspecified atom stereocenters. The standard InChI is InChI=1S/C17H25NO3/c1-7-15(18-16(19)21-17(4,5)6)13-8-10-14(11-9-13)20-12(2)3/h7-12,15H,1H2,2-6H3,(H,18,19). The molecule has 0 fully saturated rings. The third-order valence-electron chi connectivity index (χ3n) is 2.52. The van der Waals surface area contributed by atoms with Crippen LogP contribution in [0.3, 0.4) is 0 Å². The molecule has 0 aromatic heterocycles. The number of benzene rings is 1. The Morgan fingerprint density at radius 2 is 1.81 bits per heavy atom. The van der Waals surface area contributed by atoms with Crippen molar-refractivity contribution in [2.75, 3.05) is 0 Å². The zero-order valence-corrected chi connectivity index (χ0v) is 13.5. The van der Waals surface area contributed by atoms with Crippen molar-refractivity contribution in [2.45, 2.75) is 52.4 Å². The van der Waals surface area contributed by atoms with E-state index in [0.29, 0.717) is 0 Å². The second-order valence-electron chi connectivity index (χ2n) is 6.10. The first-order valence-corrected chi connectivity index (χ1v) is 7.10. The molecule has 0 heterocycles. The largest absolute Gasteiger partial charge is 0.491 e. The molecule has 0 aliphatic rings. The average molecular weight is 291 g/mol. The van der Waals surface area contributed by atoms with Crippen molar-refractivity contribution < 1.29 is 14.3 Å². The van der Waals surface area contributed by atoms with E-state index in [2.05, 4.69) is 11.9 Å². The number of rotatable bonds is 5. The highest BCUT2D eigenvalue weighted by Gasteiger charge is 2.19. The van der Waals surface area contributed by atoms with Gasteiger partial charge in [0.1, 0.15) is 11.4 Å². The van der Waals surface area contributed by atoms with Crippen LogP contribution in [-0.2, 0) is 4.74 Å². The number of amides is 1.